The maximum absolute atomic E-state index is 11.9. The van der Waals surface area contributed by atoms with Crippen LogP contribution in [-0.4, -0.2) is 58.1 Å². The van der Waals surface area contributed by atoms with Crippen LogP contribution in [0.2, 0.25) is 0 Å². The molecule has 0 aliphatic rings. The zero-order valence-corrected chi connectivity index (χ0v) is 16.3. The average Bonchev–Trinajstić information content (AvgIpc) is 3.00. The van der Waals surface area contributed by atoms with Gasteiger partial charge in [-0.05, 0) is 20.3 Å². The molecule has 0 fully saturated rings. The highest BCUT2D eigenvalue weighted by molar-refractivity contribution is 8.03. The second-order valence-corrected chi connectivity index (χ2v) is 8.10. The Kier molecular flexibility index (Phi) is 10.3. The Morgan fingerprint density at radius 1 is 1.09 bits per heavy atom. The van der Waals surface area contributed by atoms with Crippen LogP contribution in [0.15, 0.2) is 8.68 Å². The summed E-state index contributed by atoms with van der Waals surface area (Å²) in [5.41, 5.74) is 0. The third-order valence-electron chi connectivity index (χ3n) is 3.00. The fourth-order valence-corrected chi connectivity index (χ4v) is 4.44. The molecule has 1 heterocycles. The van der Waals surface area contributed by atoms with Gasteiger partial charge in [0, 0.05) is 19.6 Å². The lowest BCUT2D eigenvalue weighted by Crippen LogP contribution is -2.31. The molecule has 0 aromatic carbocycles. The predicted molar refractivity (Wildman–Crippen MR) is 97.2 cm³/mol. The smallest absolute Gasteiger partial charge is 0.233 e. The van der Waals surface area contributed by atoms with Crippen molar-refractivity contribution >= 4 is 46.7 Å². The van der Waals surface area contributed by atoms with Crippen LogP contribution in [0.5, 0.6) is 0 Å². The summed E-state index contributed by atoms with van der Waals surface area (Å²) in [6, 6.07) is 0. The Balaban J connectivity index is 2.31. The second kappa shape index (κ2) is 11.7. The average molecular weight is 377 g/mol. The van der Waals surface area contributed by atoms with E-state index in [0.717, 1.165) is 41.2 Å². The van der Waals surface area contributed by atoms with E-state index in [4.69, 9.17) is 0 Å². The standard InChI is InChI=1S/C14H24N4O2S3/c1-4-7-8-15-11(19)9-21-13-16-17-14(23-13)22-10-12(20)18(5-2)6-3/h4-10H2,1-3H3,(H,15,19). The van der Waals surface area contributed by atoms with Crippen molar-refractivity contribution in [3.8, 4) is 0 Å². The Labute approximate surface area is 150 Å². The number of nitrogens with zero attached hydrogens (tertiary/aromatic N) is 3. The molecule has 0 bridgehead atoms. The molecule has 0 saturated carbocycles. The molecule has 0 unspecified atom stereocenters. The van der Waals surface area contributed by atoms with Crippen molar-refractivity contribution in [1.82, 2.24) is 20.4 Å². The molecular weight excluding hydrogens is 352 g/mol. The van der Waals surface area contributed by atoms with Crippen LogP contribution in [0, 0.1) is 0 Å². The number of nitrogens with one attached hydrogen (secondary N) is 1. The van der Waals surface area contributed by atoms with E-state index < -0.39 is 0 Å². The maximum atomic E-state index is 11.9. The number of aromatic nitrogens is 2. The van der Waals surface area contributed by atoms with Gasteiger partial charge < -0.3 is 10.2 Å². The van der Waals surface area contributed by atoms with E-state index in [0.29, 0.717) is 11.5 Å². The zero-order valence-electron chi connectivity index (χ0n) is 13.8. The molecule has 0 aliphatic heterocycles. The summed E-state index contributed by atoms with van der Waals surface area (Å²) in [7, 11) is 0. The van der Waals surface area contributed by atoms with Gasteiger partial charge in [0.1, 0.15) is 0 Å². The molecule has 23 heavy (non-hydrogen) atoms. The molecule has 9 heteroatoms. The van der Waals surface area contributed by atoms with E-state index >= 15 is 0 Å². The number of hydrogen-bond acceptors (Lipinski definition) is 7. The lowest BCUT2D eigenvalue weighted by atomic mass is 10.3. The van der Waals surface area contributed by atoms with Crippen LogP contribution in [0.25, 0.3) is 0 Å². The lowest BCUT2D eigenvalue weighted by molar-refractivity contribution is -0.128. The number of carbonyl (C=O) groups is 2. The van der Waals surface area contributed by atoms with Gasteiger partial charge in [-0.15, -0.1) is 10.2 Å². The van der Waals surface area contributed by atoms with E-state index in [9.17, 15) is 9.59 Å². The first kappa shape index (κ1) is 20.2. The van der Waals surface area contributed by atoms with Crippen LogP contribution in [0.1, 0.15) is 33.6 Å². The predicted octanol–water partition coefficient (Wildman–Crippen LogP) is 2.51. The van der Waals surface area contributed by atoms with Crippen molar-refractivity contribution in [2.75, 3.05) is 31.1 Å². The third kappa shape index (κ3) is 8.03. The van der Waals surface area contributed by atoms with Gasteiger partial charge in [0.05, 0.1) is 11.5 Å². The first-order valence-corrected chi connectivity index (χ1v) is 10.5. The number of carbonyl (C=O) groups excluding carboxylic acids is 2. The number of rotatable bonds is 11. The number of unbranched alkanes of at least 4 members (excludes halogenated alkanes) is 1. The van der Waals surface area contributed by atoms with E-state index in [1.807, 2.05) is 13.8 Å². The maximum Gasteiger partial charge on any atom is 0.233 e. The highest BCUT2D eigenvalue weighted by Gasteiger charge is 2.13. The Bertz CT molecular complexity index is 492. The Hall–Kier alpha value is -0.800. The molecule has 0 atom stereocenters. The van der Waals surface area contributed by atoms with Gasteiger partial charge in [-0.25, -0.2) is 0 Å². The summed E-state index contributed by atoms with van der Waals surface area (Å²) >= 11 is 4.21. The summed E-state index contributed by atoms with van der Waals surface area (Å²) in [5.74, 6) is 0.851. The number of thioether (sulfide) groups is 2. The number of amides is 2. The fourth-order valence-electron chi connectivity index (χ4n) is 1.69. The van der Waals surface area contributed by atoms with Crippen molar-refractivity contribution < 1.29 is 9.59 Å². The van der Waals surface area contributed by atoms with Gasteiger partial charge in [-0.1, -0.05) is 48.2 Å². The topological polar surface area (TPSA) is 75.2 Å². The molecule has 1 aromatic heterocycles. The van der Waals surface area contributed by atoms with Gasteiger partial charge in [-0.3, -0.25) is 9.59 Å². The molecule has 1 N–H and O–H groups in total. The van der Waals surface area contributed by atoms with Crippen LogP contribution in [0.4, 0.5) is 0 Å². The van der Waals surface area contributed by atoms with Crippen LogP contribution < -0.4 is 5.32 Å². The van der Waals surface area contributed by atoms with Crippen LogP contribution in [0.3, 0.4) is 0 Å². The van der Waals surface area contributed by atoms with Gasteiger partial charge in [0.15, 0.2) is 8.68 Å². The molecule has 130 valence electrons. The van der Waals surface area contributed by atoms with Crippen molar-refractivity contribution in [2.24, 2.45) is 0 Å². The van der Waals surface area contributed by atoms with Crippen LogP contribution in [-0.2, 0) is 9.59 Å². The normalized spacial score (nSPS) is 10.6. The molecule has 0 radical (unpaired) electrons. The largest absolute Gasteiger partial charge is 0.355 e. The Morgan fingerprint density at radius 3 is 2.26 bits per heavy atom. The summed E-state index contributed by atoms with van der Waals surface area (Å²) < 4.78 is 1.52. The third-order valence-corrected chi connectivity index (χ3v) is 6.18. The molecular formula is C14H24N4O2S3. The fraction of sp³-hybridized carbons (Fsp3) is 0.714. The Morgan fingerprint density at radius 2 is 1.70 bits per heavy atom. The van der Waals surface area contributed by atoms with Crippen molar-refractivity contribution in [3.05, 3.63) is 0 Å². The molecule has 1 aromatic rings. The van der Waals surface area contributed by atoms with E-state index in [2.05, 4.69) is 22.4 Å². The van der Waals surface area contributed by atoms with Gasteiger partial charge in [-0.2, -0.15) is 0 Å². The second-order valence-electron chi connectivity index (χ2n) is 4.68. The summed E-state index contributed by atoms with van der Waals surface area (Å²) in [5, 5.41) is 11.0. The first-order valence-electron chi connectivity index (χ1n) is 7.74. The molecule has 0 aliphatic carbocycles. The molecule has 6 nitrogen and oxygen atoms in total. The molecule has 1 rings (SSSR count). The molecule has 0 saturated heterocycles. The monoisotopic (exact) mass is 376 g/mol. The zero-order chi connectivity index (χ0) is 17.1. The minimum Gasteiger partial charge on any atom is -0.355 e. The molecule has 0 spiro atoms. The minimum absolute atomic E-state index is 0.0181. The van der Waals surface area contributed by atoms with E-state index in [1.165, 1.54) is 34.9 Å². The van der Waals surface area contributed by atoms with E-state index in [1.54, 1.807) is 4.90 Å². The minimum atomic E-state index is 0.0181. The molecule has 2 amide bonds. The quantitative estimate of drug-likeness (QED) is 0.472. The van der Waals surface area contributed by atoms with Gasteiger partial charge >= 0.3 is 0 Å². The van der Waals surface area contributed by atoms with Crippen molar-refractivity contribution in [3.63, 3.8) is 0 Å². The van der Waals surface area contributed by atoms with Gasteiger partial charge in [0.2, 0.25) is 11.8 Å². The van der Waals surface area contributed by atoms with E-state index in [-0.39, 0.29) is 11.8 Å². The highest BCUT2D eigenvalue weighted by Crippen LogP contribution is 2.28. The van der Waals surface area contributed by atoms with Crippen LogP contribution >= 0.6 is 34.9 Å². The first-order chi connectivity index (χ1) is 11.1. The van der Waals surface area contributed by atoms with Crippen molar-refractivity contribution in [2.45, 2.75) is 42.3 Å². The summed E-state index contributed by atoms with van der Waals surface area (Å²) in [6.45, 7) is 8.20. The van der Waals surface area contributed by atoms with Crippen molar-refractivity contribution in [1.29, 1.82) is 0 Å². The highest BCUT2D eigenvalue weighted by atomic mass is 32.2. The summed E-state index contributed by atoms with van der Waals surface area (Å²) in [4.78, 5) is 25.3. The summed E-state index contributed by atoms with van der Waals surface area (Å²) in [6.07, 6.45) is 2.06. The van der Waals surface area contributed by atoms with Gasteiger partial charge in [0.25, 0.3) is 0 Å². The SMILES string of the molecule is CCCCNC(=O)CSc1nnc(SCC(=O)N(CC)CC)s1. The lowest BCUT2D eigenvalue weighted by Gasteiger charge is -2.17. The number of hydrogen-bond donors (Lipinski definition) is 1.